The molecule has 1 amide bonds. The molecule has 0 aromatic heterocycles. The average Bonchev–Trinajstić information content (AvgIpc) is 2.70. The summed E-state index contributed by atoms with van der Waals surface area (Å²) in [4.78, 5) is 19.3. The second-order valence-corrected chi connectivity index (χ2v) is 8.02. The van der Waals surface area contributed by atoms with Crippen LogP contribution >= 0.6 is 24.0 Å². The molecule has 7 nitrogen and oxygen atoms in total. The summed E-state index contributed by atoms with van der Waals surface area (Å²) in [7, 11) is 0. The number of amides is 1. The van der Waals surface area contributed by atoms with Crippen LogP contribution in [0.15, 0.2) is 29.3 Å². The third-order valence-electron chi connectivity index (χ3n) is 5.46. The third-order valence-corrected chi connectivity index (χ3v) is 5.46. The second-order valence-electron chi connectivity index (χ2n) is 8.02. The van der Waals surface area contributed by atoms with Gasteiger partial charge in [0.25, 0.3) is 0 Å². The molecule has 1 aromatic carbocycles. The second kappa shape index (κ2) is 11.1. The topological polar surface area (TPSA) is 78.0 Å². The predicted octanol–water partition coefficient (Wildman–Crippen LogP) is 2.40. The number of guanidine groups is 1. The molecule has 0 bridgehead atoms. The number of nitrogens with one attached hydrogen (secondary N) is 3. The van der Waals surface area contributed by atoms with E-state index in [0.717, 1.165) is 44.5 Å². The van der Waals surface area contributed by atoms with E-state index >= 15 is 0 Å². The molecule has 1 fully saturated rings. The molecule has 0 spiro atoms. The van der Waals surface area contributed by atoms with Crippen LogP contribution in [0.1, 0.15) is 38.7 Å². The molecule has 3 rings (SSSR count). The molecule has 0 radical (unpaired) electrons. The number of hydrogen-bond donors (Lipinski definition) is 3. The van der Waals surface area contributed by atoms with Crippen molar-refractivity contribution in [3.05, 3.63) is 29.8 Å². The molecular weight excluding hydrogens is 481 g/mol. The largest absolute Gasteiger partial charge is 0.379 e. The van der Waals surface area contributed by atoms with Crippen molar-refractivity contribution in [1.29, 1.82) is 0 Å². The molecule has 1 aromatic rings. The zero-order chi connectivity index (χ0) is 20.0. The van der Waals surface area contributed by atoms with E-state index in [1.54, 1.807) is 0 Å². The molecular formula is C21H34IN5O2. The van der Waals surface area contributed by atoms with Gasteiger partial charge in [-0.15, -0.1) is 24.0 Å². The van der Waals surface area contributed by atoms with Gasteiger partial charge in [0.1, 0.15) is 0 Å². The molecule has 2 heterocycles. The van der Waals surface area contributed by atoms with Crippen LogP contribution in [0.3, 0.4) is 0 Å². The molecule has 1 unspecified atom stereocenters. The van der Waals surface area contributed by atoms with Crippen molar-refractivity contribution in [1.82, 2.24) is 15.5 Å². The minimum absolute atomic E-state index is 0. The number of aliphatic imine (C=N–C) groups is 1. The molecule has 162 valence electrons. The van der Waals surface area contributed by atoms with Crippen LogP contribution < -0.4 is 16.0 Å². The summed E-state index contributed by atoms with van der Waals surface area (Å²) in [6.45, 7) is 12.2. The number of fused-ring (bicyclic) bond motifs is 1. The van der Waals surface area contributed by atoms with Gasteiger partial charge in [0, 0.05) is 49.7 Å². The molecule has 8 heteroatoms. The fourth-order valence-electron chi connectivity index (χ4n) is 3.79. The van der Waals surface area contributed by atoms with Crippen LogP contribution in [-0.2, 0) is 9.53 Å². The molecule has 2 aliphatic heterocycles. The predicted molar refractivity (Wildman–Crippen MR) is 128 cm³/mol. The Labute approximate surface area is 191 Å². The number of benzene rings is 1. The molecule has 0 aliphatic carbocycles. The van der Waals surface area contributed by atoms with Crippen molar-refractivity contribution >= 4 is 41.5 Å². The van der Waals surface area contributed by atoms with Crippen LogP contribution in [0.25, 0.3) is 0 Å². The minimum atomic E-state index is -0.0243. The highest BCUT2D eigenvalue weighted by Crippen LogP contribution is 2.31. The Balaban J connectivity index is 0.00000300. The summed E-state index contributed by atoms with van der Waals surface area (Å²) in [6.07, 6.45) is 0.489. The van der Waals surface area contributed by atoms with Crippen LogP contribution in [0.2, 0.25) is 0 Å². The number of carbonyl (C=O) groups is 1. The lowest BCUT2D eigenvalue weighted by Gasteiger charge is -2.40. The summed E-state index contributed by atoms with van der Waals surface area (Å²) < 4.78 is 5.47. The number of carbonyl (C=O) groups excluding carboxylic acids is 1. The van der Waals surface area contributed by atoms with Gasteiger partial charge >= 0.3 is 0 Å². The zero-order valence-electron chi connectivity index (χ0n) is 17.7. The van der Waals surface area contributed by atoms with E-state index in [4.69, 9.17) is 9.73 Å². The van der Waals surface area contributed by atoms with Crippen molar-refractivity contribution < 1.29 is 9.53 Å². The molecule has 1 atom stereocenters. The van der Waals surface area contributed by atoms with E-state index in [-0.39, 0.29) is 41.3 Å². The van der Waals surface area contributed by atoms with Gasteiger partial charge in [-0.3, -0.25) is 14.7 Å². The Kier molecular flexibility index (Phi) is 9.16. The number of para-hydroxylation sites is 1. The van der Waals surface area contributed by atoms with Crippen LogP contribution in [-0.4, -0.2) is 68.2 Å². The molecule has 3 N–H and O–H groups in total. The Morgan fingerprint density at radius 2 is 2.00 bits per heavy atom. The van der Waals surface area contributed by atoms with Gasteiger partial charge in [-0.1, -0.05) is 18.2 Å². The van der Waals surface area contributed by atoms with Gasteiger partial charge in [-0.25, -0.2) is 0 Å². The Bertz CT molecular complexity index is 704. The smallest absolute Gasteiger partial charge is 0.225 e. The quantitative estimate of drug-likeness (QED) is 0.308. The average molecular weight is 515 g/mol. The normalized spacial score (nSPS) is 20.3. The first-order valence-corrected chi connectivity index (χ1v) is 10.2. The highest BCUT2D eigenvalue weighted by Gasteiger charge is 2.28. The highest BCUT2D eigenvalue weighted by molar-refractivity contribution is 14.0. The third kappa shape index (κ3) is 6.55. The van der Waals surface area contributed by atoms with Gasteiger partial charge in [0.15, 0.2) is 5.96 Å². The zero-order valence-corrected chi connectivity index (χ0v) is 20.0. The number of rotatable bonds is 6. The Morgan fingerprint density at radius 1 is 1.28 bits per heavy atom. The summed E-state index contributed by atoms with van der Waals surface area (Å²) >= 11 is 0. The van der Waals surface area contributed by atoms with Crippen molar-refractivity contribution in [2.24, 2.45) is 4.99 Å². The number of morpholine rings is 1. The fourth-order valence-corrected chi connectivity index (χ4v) is 3.79. The number of hydrogen-bond acceptors (Lipinski definition) is 4. The van der Waals surface area contributed by atoms with Gasteiger partial charge in [-0.2, -0.15) is 0 Å². The van der Waals surface area contributed by atoms with Crippen LogP contribution in [0, 0.1) is 0 Å². The first-order valence-electron chi connectivity index (χ1n) is 10.2. The standard InChI is InChI=1S/C21H33N5O2.HI/c1-4-22-20(24-15-21(2,3)26-9-11-28-12-10-26)23-14-16-13-19(27)25-18-8-6-5-7-17(16)18;/h5-8,16H,4,9-15H2,1-3H3,(H,25,27)(H2,22,23,24);1H. The fraction of sp³-hybridized carbons (Fsp3) is 0.619. The van der Waals surface area contributed by atoms with Crippen LogP contribution in [0.4, 0.5) is 5.69 Å². The number of ether oxygens (including phenoxy) is 1. The lowest BCUT2D eigenvalue weighted by atomic mass is 9.90. The van der Waals surface area contributed by atoms with Crippen molar-refractivity contribution in [2.75, 3.05) is 51.3 Å². The lowest BCUT2D eigenvalue weighted by Crippen LogP contribution is -2.52. The van der Waals surface area contributed by atoms with E-state index in [1.807, 2.05) is 18.2 Å². The van der Waals surface area contributed by atoms with Gasteiger partial charge in [0.05, 0.1) is 19.8 Å². The summed E-state index contributed by atoms with van der Waals surface area (Å²) in [5, 5.41) is 9.73. The summed E-state index contributed by atoms with van der Waals surface area (Å²) in [5.41, 5.74) is 2.07. The number of nitrogens with zero attached hydrogens (tertiary/aromatic N) is 2. The van der Waals surface area contributed by atoms with Crippen LogP contribution in [0.5, 0.6) is 0 Å². The Morgan fingerprint density at radius 3 is 2.72 bits per heavy atom. The van der Waals surface area contributed by atoms with E-state index in [9.17, 15) is 4.79 Å². The maximum atomic E-state index is 12.0. The van der Waals surface area contributed by atoms with Gasteiger partial charge in [0.2, 0.25) is 5.91 Å². The van der Waals surface area contributed by atoms with E-state index in [1.165, 1.54) is 5.56 Å². The van der Waals surface area contributed by atoms with E-state index in [0.29, 0.717) is 19.5 Å². The summed E-state index contributed by atoms with van der Waals surface area (Å²) in [5.74, 6) is 1.01. The maximum Gasteiger partial charge on any atom is 0.225 e. The van der Waals surface area contributed by atoms with E-state index in [2.05, 4.69) is 47.7 Å². The monoisotopic (exact) mass is 515 g/mol. The lowest BCUT2D eigenvalue weighted by molar-refractivity contribution is -0.116. The summed E-state index contributed by atoms with van der Waals surface area (Å²) in [6, 6.07) is 8.03. The first kappa shape index (κ1) is 23.9. The molecule has 2 aliphatic rings. The van der Waals surface area contributed by atoms with Crippen molar-refractivity contribution in [3.63, 3.8) is 0 Å². The minimum Gasteiger partial charge on any atom is -0.379 e. The molecule has 0 saturated carbocycles. The SMILES string of the molecule is CCNC(=NCC(C)(C)N1CCOCC1)NCC1CC(=O)Nc2ccccc21.I. The molecule has 29 heavy (non-hydrogen) atoms. The first-order chi connectivity index (χ1) is 13.5. The van der Waals surface area contributed by atoms with Crippen molar-refractivity contribution in [2.45, 2.75) is 38.6 Å². The highest BCUT2D eigenvalue weighted by atomic mass is 127. The van der Waals surface area contributed by atoms with Crippen molar-refractivity contribution in [3.8, 4) is 0 Å². The van der Waals surface area contributed by atoms with Gasteiger partial charge < -0.3 is 20.7 Å². The number of anilines is 1. The maximum absolute atomic E-state index is 12.0. The Hall–Kier alpha value is -1.39. The molecule has 1 saturated heterocycles. The van der Waals surface area contributed by atoms with Gasteiger partial charge in [-0.05, 0) is 32.4 Å². The van der Waals surface area contributed by atoms with E-state index < -0.39 is 0 Å². The number of halogens is 1.